The van der Waals surface area contributed by atoms with Crippen LogP contribution in [0.1, 0.15) is 30.1 Å². The number of hydrogen-bond acceptors (Lipinski definition) is 5. The molecule has 0 saturated carbocycles. The van der Waals surface area contributed by atoms with Gasteiger partial charge in [-0.1, -0.05) is 30.3 Å². The molecule has 2 aromatic rings. The zero-order valence-electron chi connectivity index (χ0n) is 14.0. The highest BCUT2D eigenvalue weighted by Crippen LogP contribution is 2.35. The highest BCUT2D eigenvalue weighted by atomic mass is 32.1. The summed E-state index contributed by atoms with van der Waals surface area (Å²) in [5, 5.41) is 7.92. The van der Waals surface area contributed by atoms with Crippen LogP contribution in [0.2, 0.25) is 0 Å². The first-order valence-corrected chi connectivity index (χ1v) is 8.87. The molecule has 0 spiro atoms. The van der Waals surface area contributed by atoms with Gasteiger partial charge in [0.05, 0.1) is 5.56 Å². The number of carbonyl (C=O) groups excluding carboxylic acids is 4. The topological polar surface area (TPSA) is 104 Å². The molecule has 1 aromatic carbocycles. The SMILES string of the molecule is CC(=O)Nc1sc(-c2ccccc2)cc1C(=O)NC1CCC(=O)NC1=O. The summed E-state index contributed by atoms with van der Waals surface area (Å²) >= 11 is 1.29. The van der Waals surface area contributed by atoms with E-state index in [1.54, 1.807) is 6.07 Å². The van der Waals surface area contributed by atoms with Crippen molar-refractivity contribution in [2.75, 3.05) is 5.32 Å². The monoisotopic (exact) mass is 371 g/mol. The second kappa shape index (κ2) is 7.49. The van der Waals surface area contributed by atoms with E-state index in [0.29, 0.717) is 5.00 Å². The Bertz CT molecular complexity index is 876. The largest absolute Gasteiger partial charge is 0.340 e. The van der Waals surface area contributed by atoms with E-state index in [2.05, 4.69) is 16.0 Å². The number of benzene rings is 1. The predicted molar refractivity (Wildman–Crippen MR) is 97.7 cm³/mol. The molecule has 26 heavy (non-hydrogen) atoms. The molecule has 1 aliphatic rings. The van der Waals surface area contributed by atoms with Crippen molar-refractivity contribution >= 4 is 40.0 Å². The van der Waals surface area contributed by atoms with E-state index < -0.39 is 17.9 Å². The summed E-state index contributed by atoms with van der Waals surface area (Å²) < 4.78 is 0. The van der Waals surface area contributed by atoms with Gasteiger partial charge in [0, 0.05) is 18.2 Å². The quantitative estimate of drug-likeness (QED) is 0.714. The fraction of sp³-hybridized carbons (Fsp3) is 0.222. The minimum Gasteiger partial charge on any atom is -0.340 e. The van der Waals surface area contributed by atoms with Crippen LogP contribution < -0.4 is 16.0 Å². The van der Waals surface area contributed by atoms with Crippen molar-refractivity contribution in [3.05, 3.63) is 42.0 Å². The van der Waals surface area contributed by atoms with Gasteiger partial charge < -0.3 is 10.6 Å². The summed E-state index contributed by atoms with van der Waals surface area (Å²) in [6.07, 6.45) is 0.426. The lowest BCUT2D eigenvalue weighted by Gasteiger charge is -2.21. The Labute approximate surface area is 153 Å². The fourth-order valence-electron chi connectivity index (χ4n) is 2.62. The third-order valence-corrected chi connectivity index (χ3v) is 4.97. The van der Waals surface area contributed by atoms with Crippen molar-refractivity contribution in [3.8, 4) is 10.4 Å². The van der Waals surface area contributed by atoms with Crippen LogP contribution >= 0.6 is 11.3 Å². The van der Waals surface area contributed by atoms with Gasteiger partial charge >= 0.3 is 0 Å². The van der Waals surface area contributed by atoms with Crippen LogP contribution in [0.15, 0.2) is 36.4 Å². The molecule has 3 rings (SSSR count). The van der Waals surface area contributed by atoms with Crippen LogP contribution in [-0.2, 0) is 14.4 Å². The van der Waals surface area contributed by atoms with E-state index in [1.807, 2.05) is 30.3 Å². The molecule has 2 heterocycles. The lowest BCUT2D eigenvalue weighted by molar-refractivity contribution is -0.134. The molecule has 1 aliphatic heterocycles. The van der Waals surface area contributed by atoms with E-state index in [-0.39, 0.29) is 30.2 Å². The number of imide groups is 1. The van der Waals surface area contributed by atoms with Crippen LogP contribution in [0.5, 0.6) is 0 Å². The van der Waals surface area contributed by atoms with E-state index in [9.17, 15) is 19.2 Å². The summed E-state index contributed by atoms with van der Waals surface area (Å²) in [7, 11) is 0. The highest BCUT2D eigenvalue weighted by Gasteiger charge is 2.29. The van der Waals surface area contributed by atoms with Crippen LogP contribution in [0.4, 0.5) is 5.00 Å². The zero-order chi connectivity index (χ0) is 18.7. The lowest BCUT2D eigenvalue weighted by Crippen LogP contribution is -2.52. The first-order chi connectivity index (χ1) is 12.4. The first kappa shape index (κ1) is 17.8. The van der Waals surface area contributed by atoms with Gasteiger partial charge in [0.1, 0.15) is 11.0 Å². The van der Waals surface area contributed by atoms with Crippen molar-refractivity contribution < 1.29 is 19.2 Å². The van der Waals surface area contributed by atoms with Gasteiger partial charge in [0.2, 0.25) is 17.7 Å². The average molecular weight is 371 g/mol. The molecule has 3 N–H and O–H groups in total. The van der Waals surface area contributed by atoms with Gasteiger partial charge in [-0.25, -0.2) is 0 Å². The van der Waals surface area contributed by atoms with Gasteiger partial charge in [0.15, 0.2) is 0 Å². The van der Waals surface area contributed by atoms with Crippen molar-refractivity contribution in [3.63, 3.8) is 0 Å². The number of anilines is 1. The van der Waals surface area contributed by atoms with Crippen LogP contribution in [0, 0.1) is 0 Å². The molecule has 7 nitrogen and oxygen atoms in total. The van der Waals surface area contributed by atoms with Crippen LogP contribution in [-0.4, -0.2) is 29.7 Å². The predicted octanol–water partition coefficient (Wildman–Crippen LogP) is 1.91. The Morgan fingerprint density at radius 2 is 1.92 bits per heavy atom. The Morgan fingerprint density at radius 3 is 2.58 bits per heavy atom. The molecule has 8 heteroatoms. The molecule has 1 unspecified atom stereocenters. The van der Waals surface area contributed by atoms with E-state index in [1.165, 1.54) is 18.3 Å². The van der Waals surface area contributed by atoms with Crippen LogP contribution in [0.3, 0.4) is 0 Å². The Balaban J connectivity index is 1.86. The molecule has 0 bridgehead atoms. The normalized spacial score (nSPS) is 16.7. The molecule has 1 atom stereocenters. The minimum absolute atomic E-state index is 0.175. The van der Waals surface area contributed by atoms with Crippen molar-refractivity contribution in [2.45, 2.75) is 25.8 Å². The average Bonchev–Trinajstić information content (AvgIpc) is 3.01. The molecular weight excluding hydrogens is 354 g/mol. The Hall–Kier alpha value is -3.00. The Morgan fingerprint density at radius 1 is 1.19 bits per heavy atom. The summed E-state index contributed by atoms with van der Waals surface area (Å²) in [5.41, 5.74) is 1.21. The number of carbonyl (C=O) groups is 4. The number of amides is 4. The molecule has 1 aromatic heterocycles. The molecular formula is C18H17N3O4S. The number of hydrogen-bond donors (Lipinski definition) is 3. The molecule has 0 aliphatic carbocycles. The van der Waals surface area contributed by atoms with Gasteiger partial charge in [-0.15, -0.1) is 11.3 Å². The van der Waals surface area contributed by atoms with Crippen LogP contribution in [0.25, 0.3) is 10.4 Å². The van der Waals surface area contributed by atoms with E-state index in [4.69, 9.17) is 0 Å². The van der Waals surface area contributed by atoms with Crippen molar-refractivity contribution in [1.29, 1.82) is 0 Å². The summed E-state index contributed by atoms with van der Waals surface area (Å²) in [4.78, 5) is 48.0. The number of nitrogens with one attached hydrogen (secondary N) is 3. The molecule has 1 fully saturated rings. The third kappa shape index (κ3) is 3.97. The number of rotatable bonds is 4. The Kier molecular flexibility index (Phi) is 5.13. The number of piperidine rings is 1. The third-order valence-electron chi connectivity index (χ3n) is 3.87. The summed E-state index contributed by atoms with van der Waals surface area (Å²) in [5.74, 6) is -1.63. The molecule has 4 amide bonds. The summed E-state index contributed by atoms with van der Waals surface area (Å²) in [6, 6.07) is 10.4. The maximum Gasteiger partial charge on any atom is 0.254 e. The second-order valence-corrected chi connectivity index (χ2v) is 6.93. The maximum absolute atomic E-state index is 12.7. The molecule has 0 radical (unpaired) electrons. The zero-order valence-corrected chi connectivity index (χ0v) is 14.8. The fourth-order valence-corrected chi connectivity index (χ4v) is 3.73. The molecule has 134 valence electrons. The smallest absolute Gasteiger partial charge is 0.254 e. The lowest BCUT2D eigenvalue weighted by atomic mass is 10.1. The first-order valence-electron chi connectivity index (χ1n) is 8.05. The second-order valence-electron chi connectivity index (χ2n) is 5.88. The molecule has 1 saturated heterocycles. The maximum atomic E-state index is 12.7. The van der Waals surface area contributed by atoms with Gasteiger partial charge in [-0.2, -0.15) is 0 Å². The van der Waals surface area contributed by atoms with Gasteiger partial charge in [-0.3, -0.25) is 24.5 Å². The van der Waals surface area contributed by atoms with Crippen molar-refractivity contribution in [2.24, 2.45) is 0 Å². The van der Waals surface area contributed by atoms with Crippen molar-refractivity contribution in [1.82, 2.24) is 10.6 Å². The standard InChI is InChI=1S/C18H17N3O4S/c1-10(22)19-18-12(9-14(26-18)11-5-3-2-4-6-11)16(24)20-13-7-8-15(23)21-17(13)25/h2-6,9,13H,7-8H2,1H3,(H,19,22)(H,20,24)(H,21,23,25). The summed E-state index contributed by atoms with van der Waals surface area (Å²) in [6.45, 7) is 1.36. The van der Waals surface area contributed by atoms with Gasteiger partial charge in [0.25, 0.3) is 5.91 Å². The number of thiophene rings is 1. The minimum atomic E-state index is -0.773. The van der Waals surface area contributed by atoms with E-state index >= 15 is 0 Å². The van der Waals surface area contributed by atoms with E-state index in [0.717, 1.165) is 10.4 Å². The van der Waals surface area contributed by atoms with Gasteiger partial charge in [-0.05, 0) is 18.1 Å². The highest BCUT2D eigenvalue weighted by molar-refractivity contribution is 7.20.